The van der Waals surface area contributed by atoms with Gasteiger partial charge in [-0.05, 0) is 38.8 Å². The van der Waals surface area contributed by atoms with Gasteiger partial charge in [0.05, 0.1) is 23.8 Å². The van der Waals surface area contributed by atoms with E-state index in [0.29, 0.717) is 22.7 Å². The van der Waals surface area contributed by atoms with Crippen LogP contribution in [0.4, 0.5) is 0 Å². The maximum Gasteiger partial charge on any atom is 0.313 e. The summed E-state index contributed by atoms with van der Waals surface area (Å²) in [6, 6.07) is 3.89. The number of thioether (sulfide) groups is 1. The fraction of sp³-hybridized carbons (Fsp3) is 0.400. The average Bonchev–Trinajstić information content (AvgIpc) is 3.31. The summed E-state index contributed by atoms with van der Waals surface area (Å²) in [6.07, 6.45) is 3.35. The molecule has 0 saturated heterocycles. The van der Waals surface area contributed by atoms with Crippen molar-refractivity contribution in [3.8, 4) is 11.4 Å². The third-order valence-corrected chi connectivity index (χ3v) is 5.41. The summed E-state index contributed by atoms with van der Waals surface area (Å²) < 4.78 is 9.23. The molecule has 0 aliphatic heterocycles. The van der Waals surface area contributed by atoms with E-state index in [2.05, 4.69) is 53.6 Å². The third-order valence-electron chi connectivity index (χ3n) is 4.51. The first-order chi connectivity index (χ1) is 13.8. The molecule has 0 atom stereocenters. The maximum atomic E-state index is 11.0. The van der Waals surface area contributed by atoms with Crippen LogP contribution in [0.25, 0.3) is 11.4 Å². The fourth-order valence-electron chi connectivity index (χ4n) is 3.10. The molecule has 3 aromatic heterocycles. The topological polar surface area (TPSA) is 98.4 Å². The largest absolute Gasteiger partial charge is 0.481 e. The molecule has 3 rings (SSSR count). The van der Waals surface area contributed by atoms with Crippen LogP contribution in [0.3, 0.4) is 0 Å². The van der Waals surface area contributed by atoms with Crippen LogP contribution in [-0.2, 0) is 11.3 Å². The zero-order valence-electron chi connectivity index (χ0n) is 17.2. The number of carboxylic acid groups (broad SMARTS) is 1. The van der Waals surface area contributed by atoms with Crippen molar-refractivity contribution < 1.29 is 14.3 Å². The number of nitrogens with zero attached hydrogens (tertiary/aromatic N) is 5. The lowest BCUT2D eigenvalue weighted by atomic mass is 10.2. The van der Waals surface area contributed by atoms with Gasteiger partial charge in [-0.2, -0.15) is 9.78 Å². The molecule has 0 aromatic carbocycles. The van der Waals surface area contributed by atoms with Gasteiger partial charge < -0.3 is 14.1 Å². The summed E-state index contributed by atoms with van der Waals surface area (Å²) in [4.78, 5) is 11.0. The molecule has 0 aliphatic carbocycles. The zero-order valence-corrected chi connectivity index (χ0v) is 18.0. The van der Waals surface area contributed by atoms with Crippen molar-refractivity contribution in [2.24, 2.45) is 11.0 Å². The molecule has 154 valence electrons. The zero-order chi connectivity index (χ0) is 21.1. The molecule has 0 spiro atoms. The molecule has 3 heterocycles. The molecule has 3 aromatic rings. The highest BCUT2D eigenvalue weighted by molar-refractivity contribution is 7.99. The van der Waals surface area contributed by atoms with Crippen molar-refractivity contribution in [1.29, 1.82) is 0 Å². The highest BCUT2D eigenvalue weighted by atomic mass is 32.2. The highest BCUT2D eigenvalue weighted by Crippen LogP contribution is 2.27. The number of hydrogen-bond acceptors (Lipinski definition) is 6. The lowest BCUT2D eigenvalue weighted by Crippen LogP contribution is -2.08. The van der Waals surface area contributed by atoms with Gasteiger partial charge in [0.1, 0.15) is 5.76 Å². The Morgan fingerprint density at radius 1 is 1.34 bits per heavy atom. The van der Waals surface area contributed by atoms with Crippen molar-refractivity contribution in [3.05, 3.63) is 41.1 Å². The summed E-state index contributed by atoms with van der Waals surface area (Å²) >= 11 is 1.08. The van der Waals surface area contributed by atoms with E-state index in [0.717, 1.165) is 35.1 Å². The minimum absolute atomic E-state index is 0.124. The summed E-state index contributed by atoms with van der Waals surface area (Å²) in [5, 5.41) is 22.4. The fourth-order valence-corrected chi connectivity index (χ4v) is 3.70. The second kappa shape index (κ2) is 8.69. The van der Waals surface area contributed by atoms with Crippen LogP contribution >= 0.6 is 11.8 Å². The van der Waals surface area contributed by atoms with Gasteiger partial charge in [0, 0.05) is 23.5 Å². The standard InChI is InChI=1S/C20H25N5O3S/c1-12(2)10-24-13(3)8-16(14(24)4)9-21-25-19(17-6-7-28-15(17)5)22-23-20(25)29-11-18(26)27/h6-9,12H,10-11H2,1-5H3,(H,26,27)/b21-9-. The number of carboxylic acids is 1. The van der Waals surface area contributed by atoms with Crippen LogP contribution < -0.4 is 0 Å². The van der Waals surface area contributed by atoms with Gasteiger partial charge in [0.25, 0.3) is 0 Å². The monoisotopic (exact) mass is 415 g/mol. The Hall–Kier alpha value is -2.81. The average molecular weight is 416 g/mol. The van der Waals surface area contributed by atoms with Crippen LogP contribution in [-0.4, -0.2) is 42.5 Å². The van der Waals surface area contributed by atoms with E-state index < -0.39 is 5.97 Å². The van der Waals surface area contributed by atoms with Gasteiger partial charge in [0.15, 0.2) is 5.82 Å². The van der Waals surface area contributed by atoms with E-state index in [9.17, 15) is 4.79 Å². The van der Waals surface area contributed by atoms with E-state index in [-0.39, 0.29) is 5.75 Å². The molecule has 8 nitrogen and oxygen atoms in total. The maximum absolute atomic E-state index is 11.0. The van der Waals surface area contributed by atoms with Crippen LogP contribution in [0, 0.1) is 26.7 Å². The second-order valence-electron chi connectivity index (χ2n) is 7.27. The molecule has 9 heteroatoms. The Balaban J connectivity index is 2.00. The van der Waals surface area contributed by atoms with Crippen molar-refractivity contribution in [2.75, 3.05) is 5.75 Å². The number of aryl methyl sites for hydroxylation is 2. The molecule has 0 radical (unpaired) electrons. The van der Waals surface area contributed by atoms with E-state index in [1.54, 1.807) is 23.2 Å². The molecule has 29 heavy (non-hydrogen) atoms. The molecule has 0 saturated carbocycles. The van der Waals surface area contributed by atoms with Gasteiger partial charge in [-0.25, -0.2) is 0 Å². The first-order valence-electron chi connectivity index (χ1n) is 9.33. The Morgan fingerprint density at radius 3 is 2.72 bits per heavy atom. The number of rotatable bonds is 8. The minimum Gasteiger partial charge on any atom is -0.481 e. The van der Waals surface area contributed by atoms with Gasteiger partial charge in [-0.3, -0.25) is 4.79 Å². The van der Waals surface area contributed by atoms with E-state index >= 15 is 0 Å². The predicted molar refractivity (Wildman–Crippen MR) is 113 cm³/mol. The lowest BCUT2D eigenvalue weighted by molar-refractivity contribution is -0.133. The molecular formula is C20H25N5O3S. The number of aromatic nitrogens is 4. The Labute approximate surface area is 173 Å². The Kier molecular flexibility index (Phi) is 6.26. The number of aliphatic carboxylic acids is 1. The normalized spacial score (nSPS) is 11.8. The predicted octanol–water partition coefficient (Wildman–Crippen LogP) is 3.98. The van der Waals surface area contributed by atoms with Gasteiger partial charge >= 0.3 is 5.97 Å². The van der Waals surface area contributed by atoms with E-state index in [1.807, 2.05) is 6.92 Å². The van der Waals surface area contributed by atoms with Crippen LogP contribution in [0.2, 0.25) is 0 Å². The first kappa shape index (κ1) is 20.9. The number of furan rings is 1. The SMILES string of the molecule is Cc1occc1-c1nnc(SCC(=O)O)n1/N=C\c1cc(C)n(CC(C)C)c1C. The lowest BCUT2D eigenvalue weighted by Gasteiger charge is -2.11. The number of carbonyl (C=O) groups is 1. The van der Waals surface area contributed by atoms with Crippen molar-refractivity contribution in [2.45, 2.75) is 46.3 Å². The molecule has 0 unspecified atom stereocenters. The van der Waals surface area contributed by atoms with E-state index in [4.69, 9.17) is 9.52 Å². The van der Waals surface area contributed by atoms with Crippen LogP contribution in [0.15, 0.2) is 33.1 Å². The summed E-state index contributed by atoms with van der Waals surface area (Å²) in [7, 11) is 0. The molecule has 0 aliphatic rings. The Bertz CT molecular complexity index is 1040. The van der Waals surface area contributed by atoms with Gasteiger partial charge in [0.2, 0.25) is 5.16 Å². The minimum atomic E-state index is -0.924. The highest BCUT2D eigenvalue weighted by Gasteiger charge is 2.18. The van der Waals surface area contributed by atoms with Gasteiger partial charge in [-0.15, -0.1) is 10.2 Å². The van der Waals surface area contributed by atoms with Gasteiger partial charge in [-0.1, -0.05) is 25.6 Å². The molecule has 0 fully saturated rings. The van der Waals surface area contributed by atoms with Crippen LogP contribution in [0.5, 0.6) is 0 Å². The molecule has 0 amide bonds. The summed E-state index contributed by atoms with van der Waals surface area (Å²) in [5.41, 5.74) is 4.07. The summed E-state index contributed by atoms with van der Waals surface area (Å²) in [6.45, 7) is 11.3. The third kappa shape index (κ3) is 4.61. The van der Waals surface area contributed by atoms with E-state index in [1.165, 1.54) is 5.69 Å². The molecule has 0 bridgehead atoms. The first-order valence-corrected chi connectivity index (χ1v) is 10.3. The van der Waals surface area contributed by atoms with Crippen molar-refractivity contribution >= 4 is 23.9 Å². The molecule has 1 N–H and O–H groups in total. The quantitative estimate of drug-likeness (QED) is 0.441. The van der Waals surface area contributed by atoms with Crippen molar-refractivity contribution in [1.82, 2.24) is 19.4 Å². The Morgan fingerprint density at radius 2 is 2.10 bits per heavy atom. The van der Waals surface area contributed by atoms with Crippen LogP contribution in [0.1, 0.15) is 36.6 Å². The second-order valence-corrected chi connectivity index (χ2v) is 8.21. The molecular weight excluding hydrogens is 390 g/mol. The smallest absolute Gasteiger partial charge is 0.313 e. The summed E-state index contributed by atoms with van der Waals surface area (Å²) in [5.74, 6) is 0.694. The number of hydrogen-bond donors (Lipinski definition) is 1. The van der Waals surface area contributed by atoms with Crippen molar-refractivity contribution in [3.63, 3.8) is 0 Å².